The number of benzene rings is 6. The maximum absolute atomic E-state index is 12.7. The predicted octanol–water partition coefficient (Wildman–Crippen LogP) is 15.3. The highest BCUT2D eigenvalue weighted by Gasteiger charge is 2.32. The van der Waals surface area contributed by atoms with Gasteiger partial charge < -0.3 is 82.2 Å². The number of aromatic amines is 1. The first-order valence-electron chi connectivity index (χ1n) is 40.4. The van der Waals surface area contributed by atoms with E-state index >= 15 is 0 Å². The molecule has 0 unspecified atom stereocenters. The van der Waals surface area contributed by atoms with E-state index in [2.05, 4.69) is 71.0 Å². The van der Waals surface area contributed by atoms with Crippen LogP contribution >= 0.6 is 70.6 Å². The number of amides is 5. The van der Waals surface area contributed by atoms with Crippen LogP contribution < -0.4 is 47.4 Å². The number of methoxy groups -OCH3 is 1. The number of carbonyl (C=O) groups excluding carboxylic acids is 7. The minimum absolute atomic E-state index is 0.00170. The van der Waals surface area contributed by atoms with Crippen molar-refractivity contribution in [1.29, 1.82) is 27.0 Å². The van der Waals surface area contributed by atoms with Crippen molar-refractivity contribution in [1.82, 2.24) is 14.3 Å². The number of aliphatic hydroxyl groups is 5. The minimum Gasteiger partial charge on any atom is -0.512 e. The van der Waals surface area contributed by atoms with Crippen LogP contribution in [0.1, 0.15) is 74.7 Å². The molecule has 7 aromatic rings. The number of alkyl halides is 3. The smallest absolute Gasteiger partial charge is 0.512 e. The van der Waals surface area contributed by atoms with Crippen molar-refractivity contribution in [2.45, 2.75) is 87.7 Å². The largest absolute Gasteiger partial charge is 0.573 e. The van der Waals surface area contributed by atoms with Crippen LogP contribution in [0.4, 0.5) is 51.8 Å². The number of nitrogens with zero attached hydrogens (tertiary/aromatic N) is 7. The molecule has 722 valence electrons. The Balaban J connectivity index is 0.000000202. The van der Waals surface area contributed by atoms with Crippen LogP contribution in [0.3, 0.4) is 0 Å². The van der Waals surface area contributed by atoms with Gasteiger partial charge in [0.1, 0.15) is 92.6 Å². The molecule has 1 fully saturated rings. The summed E-state index contributed by atoms with van der Waals surface area (Å²) in [7, 11) is -2.17. The molecular formula is C88H91F4N19O19S7. The van der Waals surface area contributed by atoms with Crippen LogP contribution in [-0.2, 0) is 49.9 Å². The number of aliphatic imine (C=N–C) groups is 5. The number of hydrogen-bond donors (Lipinski definition) is 18. The molecule has 0 bridgehead atoms. The number of phenolic OH excluding ortho intramolecular Hbond substituents is 1. The predicted molar refractivity (Wildman–Crippen MR) is 529 cm³/mol. The molecule has 0 aliphatic carbocycles. The van der Waals surface area contributed by atoms with E-state index in [-0.39, 0.29) is 200 Å². The van der Waals surface area contributed by atoms with Gasteiger partial charge in [-0.15, -0.1) is 72.0 Å². The van der Waals surface area contributed by atoms with Crippen LogP contribution in [0.15, 0.2) is 251 Å². The lowest BCUT2D eigenvalue weighted by molar-refractivity contribution is -0.274. The summed E-state index contributed by atoms with van der Waals surface area (Å²) in [6.45, 7) is 5.00. The zero-order valence-electron chi connectivity index (χ0n) is 72.8. The number of nitrogens with one attached hydrogen (secondary N) is 11. The monoisotopic (exact) mass is 2020 g/mol. The summed E-state index contributed by atoms with van der Waals surface area (Å²) in [4.78, 5) is 120. The highest BCUT2D eigenvalue weighted by atomic mass is 32.2. The number of rotatable bonds is 26. The lowest BCUT2D eigenvalue weighted by atomic mass is 10.1. The number of sulfonamides is 1. The molecule has 38 nitrogen and oxygen atoms in total. The molecule has 0 saturated carbocycles. The van der Waals surface area contributed by atoms with Crippen LogP contribution in [0.2, 0.25) is 0 Å². The third-order valence-corrected chi connectivity index (χ3v) is 24.9. The highest BCUT2D eigenvalue weighted by Crippen LogP contribution is 2.29. The van der Waals surface area contributed by atoms with E-state index in [0.717, 1.165) is 71.6 Å². The first-order chi connectivity index (χ1) is 65.0. The van der Waals surface area contributed by atoms with E-state index in [0.29, 0.717) is 77.5 Å². The average Bonchev–Trinajstić information content (AvgIpc) is 1.79. The number of carbonyl (C=O) groups is 7. The normalized spacial score (nSPS) is 14.5. The lowest BCUT2D eigenvalue weighted by Gasteiger charge is -2.15. The fraction of sp³-hybridized carbons (Fsp3) is 0.239. The molecule has 0 atom stereocenters. The number of dihydropyridines is 5. The summed E-state index contributed by atoms with van der Waals surface area (Å²) < 4.78 is 89.1. The number of thioether (sulfide) groups is 6. The van der Waals surface area contributed by atoms with E-state index < -0.39 is 28.3 Å². The number of H-pyrrole nitrogens is 1. The number of anilines is 6. The van der Waals surface area contributed by atoms with Gasteiger partial charge in [0.15, 0.2) is 5.16 Å². The Kier molecular flexibility index (Phi) is 42.7. The van der Waals surface area contributed by atoms with E-state index in [1.807, 2.05) is 13.8 Å². The lowest BCUT2D eigenvalue weighted by Crippen LogP contribution is -2.27. The van der Waals surface area contributed by atoms with Crippen molar-refractivity contribution >= 4 is 211 Å². The zero-order chi connectivity index (χ0) is 99.9. The zero-order valence-corrected chi connectivity index (χ0v) is 78.5. The Labute approximate surface area is 806 Å². The van der Waals surface area contributed by atoms with Gasteiger partial charge >= 0.3 is 12.3 Å². The van der Waals surface area contributed by atoms with E-state index in [1.165, 1.54) is 132 Å². The van der Waals surface area contributed by atoms with E-state index in [4.69, 9.17) is 42.6 Å². The van der Waals surface area contributed by atoms with Crippen molar-refractivity contribution in [3.63, 3.8) is 0 Å². The van der Waals surface area contributed by atoms with Crippen LogP contribution in [0, 0.1) is 32.9 Å². The summed E-state index contributed by atoms with van der Waals surface area (Å²) in [6.07, 6.45) is 4.74. The molecule has 5 amide bonds. The number of amidine groups is 5. The van der Waals surface area contributed by atoms with Crippen LogP contribution in [-0.4, -0.2) is 216 Å². The number of esters is 1. The Morgan fingerprint density at radius 1 is 0.482 bits per heavy atom. The van der Waals surface area contributed by atoms with Gasteiger partial charge in [0.25, 0.3) is 5.56 Å². The number of Topliss-reactive ketones (excluding diaryl/α,β-unsaturated/α-hetero) is 1. The van der Waals surface area contributed by atoms with Crippen LogP contribution in [0.5, 0.6) is 17.2 Å². The molecule has 7 heterocycles. The SMILES string of the molecule is CC(C)Oc1ccc(NC(=O)CSC2=NC(=N)C=C(O)C2)cc1.COC(=O)c1ccc(NC(=O)CSC2=NC(=N)C=C(O)C2)cc1.N=C1C=C(O)CC(SCC(=O)Nc2ccc(O)cc2)=N1.N=C1C=C(O)CC(SCC(=O)Nc2ccc(OC(F)(F)F)cc2)=N1.N=C1C=C(O)CC(SCC(=O)Nc2ccc(S(=O)(=O)N3CCCC3)cc2)=N1.Nc1cc(=O)[nH]c(SCC(=O)Cc2ccc(F)cc2)n1. The number of hydrogen-bond acceptors (Lipinski definition) is 32. The van der Waals surface area contributed by atoms with Crippen molar-refractivity contribution in [3.05, 3.63) is 238 Å². The number of phenols is 1. The van der Waals surface area contributed by atoms with Crippen molar-refractivity contribution in [2.75, 3.05) is 87.0 Å². The topological polar surface area (TPSA) is 619 Å². The molecule has 1 saturated heterocycles. The van der Waals surface area contributed by atoms with Gasteiger partial charge in [0.2, 0.25) is 39.6 Å². The highest BCUT2D eigenvalue weighted by molar-refractivity contribution is 8.15. The number of nitrogen functional groups attached to an aromatic ring is 1. The standard InChI is InChI=1S/C17H20N4O4S2.C16H19N3O3S.C15H15N3O4S.C14H12F3N3O3S.C13H12FN3O2S.C13H13N3O3S/c18-15-9-13(22)10-17(20-15)26-11-16(23)19-12-3-5-14(6-4-12)27(24,25)21-7-1-2-8-21;1-10(2)22-13-5-3-11(4-6-13)18-15(21)9-23-16-8-12(20)7-14(17)19-16;1-22-15(21)9-2-4-10(5-3-9)17-13(20)8-23-14-7-11(19)6-12(16)18-14;15-14(16,17)23-10-3-1-8(2-4-10)19-12(22)7-24-13-6-9(21)5-11(18)20-13;14-9-3-1-8(2-4-9)5-10(18)7-20-13-16-11(15)6-12(19)17-13;14-11-5-10(18)6-13(16-11)20-7-12(19)15-8-1-3-9(17)4-2-8/h3-6,9,18,22H,1-2,7-8,10-11H2,(H,19,23);3-7,10,17,20H,8-9H2,1-2H3,(H,18,21);2-6,16,19H,7-8H2,1H3,(H,17,20);1-5,18,21H,6-7H2,(H,19,22);1-4,6H,5,7H2,(H3,15,16,17,19);1-5,14,17-18H,6-7H2,(H,15,19). The third kappa shape index (κ3) is 41.4. The Morgan fingerprint density at radius 3 is 1.13 bits per heavy atom. The second-order valence-corrected chi connectivity index (χ2v) is 37.0. The first-order valence-corrected chi connectivity index (χ1v) is 47.7. The second kappa shape index (κ2) is 53.9. The van der Waals surface area contributed by atoms with Crippen molar-refractivity contribution < 1.29 is 104 Å². The summed E-state index contributed by atoms with van der Waals surface area (Å²) in [6, 6.07) is 37.5. The molecule has 13 rings (SSSR count). The van der Waals surface area contributed by atoms with Crippen molar-refractivity contribution in [2.24, 2.45) is 25.0 Å². The molecule has 6 aromatic carbocycles. The number of halogens is 4. The average molecular weight is 2020 g/mol. The van der Waals surface area contributed by atoms with Gasteiger partial charge in [0.05, 0.1) is 116 Å². The molecule has 0 spiro atoms. The van der Waals surface area contributed by atoms with E-state index in [1.54, 1.807) is 84.9 Å². The number of aromatic hydroxyl groups is 1. The Bertz CT molecular complexity index is 6120. The number of ether oxygens (including phenoxy) is 3. The second-order valence-electron chi connectivity index (χ2n) is 28.8. The van der Waals surface area contributed by atoms with E-state index in [9.17, 15) is 89.9 Å². The number of nitrogens with two attached hydrogens (primary N) is 1. The van der Waals surface area contributed by atoms with Gasteiger partial charge in [0, 0.05) is 84.4 Å². The van der Waals surface area contributed by atoms with Gasteiger partial charge in [-0.3, -0.25) is 60.6 Å². The molecule has 137 heavy (non-hydrogen) atoms. The molecule has 1 aromatic heterocycles. The molecule has 49 heteroatoms. The summed E-state index contributed by atoms with van der Waals surface area (Å²) in [5, 5.41) is 110. The van der Waals surface area contributed by atoms with Crippen LogP contribution in [0.25, 0.3) is 0 Å². The number of aromatic nitrogens is 2. The fourth-order valence-electron chi connectivity index (χ4n) is 11.3. The fourth-order valence-corrected chi connectivity index (χ4v) is 17.5. The van der Waals surface area contributed by atoms with Gasteiger partial charge in [-0.25, -0.2) is 47.5 Å². The first kappa shape index (κ1) is 108. The summed E-state index contributed by atoms with van der Waals surface area (Å²) in [5.41, 5.74) is 8.88. The molecule has 19 N–H and O–H groups in total. The minimum atomic E-state index is -4.77. The molecule has 6 aliphatic heterocycles. The molecule has 6 aliphatic rings. The number of aliphatic hydroxyl groups excluding tert-OH is 5. The number of ketones is 1. The number of allylic oxidation sites excluding steroid dienone is 5. The van der Waals surface area contributed by atoms with Crippen molar-refractivity contribution in [3.8, 4) is 17.2 Å². The maximum atomic E-state index is 12.7. The molecular weight excluding hydrogens is 1930 g/mol. The Morgan fingerprint density at radius 2 is 0.810 bits per heavy atom. The Hall–Kier alpha value is -14.0. The van der Waals surface area contributed by atoms with Gasteiger partial charge in [-0.1, -0.05) is 23.9 Å². The van der Waals surface area contributed by atoms with Gasteiger partial charge in [-0.05, 0) is 166 Å². The molecule has 0 radical (unpaired) electrons. The maximum Gasteiger partial charge on any atom is 0.573 e. The summed E-state index contributed by atoms with van der Waals surface area (Å²) in [5.74, 6) is -0.797. The quantitative estimate of drug-likeness (QED) is 0.00787. The van der Waals surface area contributed by atoms with Gasteiger partial charge in [-0.2, -0.15) is 4.31 Å². The summed E-state index contributed by atoms with van der Waals surface area (Å²) >= 11 is 6.89. The third-order valence-electron chi connectivity index (χ3n) is 17.1.